The number of alkyl halides is 4. The summed E-state index contributed by atoms with van der Waals surface area (Å²) in [5.74, 6) is -1.80. The van der Waals surface area contributed by atoms with Crippen molar-refractivity contribution >= 4 is 18.0 Å². The lowest BCUT2D eigenvalue weighted by Gasteiger charge is -2.31. The molecule has 0 heterocycles. The quantitative estimate of drug-likeness (QED) is 0.246. The number of benzene rings is 2. The molecule has 2 atom stereocenters. The summed E-state index contributed by atoms with van der Waals surface area (Å²) < 4.78 is 59.5. The molecule has 2 aromatic rings. The monoisotopic (exact) mass is 460 g/mol. The second-order valence-electron chi connectivity index (χ2n) is 7.40. The van der Waals surface area contributed by atoms with Crippen molar-refractivity contribution in [3.63, 3.8) is 0 Å². The van der Waals surface area contributed by atoms with E-state index in [4.69, 9.17) is 4.33 Å². The van der Waals surface area contributed by atoms with Crippen LogP contribution < -0.4 is 10.4 Å². The van der Waals surface area contributed by atoms with Crippen LogP contribution >= 0.6 is 12.0 Å². The Labute approximate surface area is 181 Å². The first-order valence-electron chi connectivity index (χ1n) is 9.21. The summed E-state index contributed by atoms with van der Waals surface area (Å²) in [5, 5.41) is 13.3. The summed E-state index contributed by atoms with van der Waals surface area (Å²) in [6.45, 7) is 2.18. The third-order valence-corrected chi connectivity index (χ3v) is 4.97. The number of rotatable bonds is 10. The van der Waals surface area contributed by atoms with E-state index >= 15 is 0 Å². The Bertz CT molecular complexity index is 852. The van der Waals surface area contributed by atoms with Crippen LogP contribution in [-0.2, 0) is 14.0 Å². The molecule has 0 unspecified atom stereocenters. The molecule has 2 rings (SSSR count). The minimum atomic E-state index is -4.80. The molecule has 5 nitrogen and oxygen atoms in total. The maximum absolute atomic E-state index is 13.9. The van der Waals surface area contributed by atoms with Gasteiger partial charge in [0.15, 0.2) is 0 Å². The van der Waals surface area contributed by atoms with Crippen molar-refractivity contribution in [1.29, 1.82) is 0 Å². The van der Waals surface area contributed by atoms with E-state index in [-0.39, 0.29) is 5.56 Å². The van der Waals surface area contributed by atoms with Crippen molar-refractivity contribution in [3.8, 4) is 11.1 Å². The van der Waals surface area contributed by atoms with Crippen LogP contribution in [0.5, 0.6) is 0 Å². The fourth-order valence-corrected chi connectivity index (χ4v) is 3.31. The van der Waals surface area contributed by atoms with Gasteiger partial charge in [0.25, 0.3) is 0 Å². The minimum absolute atomic E-state index is 0.195. The van der Waals surface area contributed by atoms with Crippen molar-refractivity contribution < 1.29 is 36.7 Å². The Balaban J connectivity index is 2.24. The van der Waals surface area contributed by atoms with Crippen LogP contribution in [0.1, 0.15) is 31.9 Å². The minimum Gasteiger partial charge on any atom is -0.548 e. The summed E-state index contributed by atoms with van der Waals surface area (Å²) in [5.41, 5.74) is -0.761. The van der Waals surface area contributed by atoms with Gasteiger partial charge in [-0.15, -0.1) is 0 Å². The molecule has 0 aliphatic heterocycles. The predicted octanol–water partition coefficient (Wildman–Crippen LogP) is 4.39. The Morgan fingerprint density at radius 2 is 1.55 bits per heavy atom. The number of carboxylic acid groups (broad SMARTS) is 1. The predicted molar refractivity (Wildman–Crippen MR) is 106 cm³/mol. The largest absolute Gasteiger partial charge is 0.548 e. The van der Waals surface area contributed by atoms with Crippen LogP contribution in [0, 0.1) is 0 Å². The summed E-state index contributed by atoms with van der Waals surface area (Å²) in [6.07, 6.45) is -5.47. The zero-order chi connectivity index (χ0) is 23.2. The molecule has 0 saturated carbocycles. The van der Waals surface area contributed by atoms with Gasteiger partial charge >= 0.3 is 6.18 Å². The molecule has 10 heteroatoms. The first kappa shape index (κ1) is 25.1. The Morgan fingerprint density at radius 3 is 1.97 bits per heavy atom. The number of carbonyl (C=O) groups excluding carboxylic acids is 1. The van der Waals surface area contributed by atoms with Gasteiger partial charge in [0, 0.05) is 11.3 Å². The van der Waals surface area contributed by atoms with Gasteiger partial charge < -0.3 is 9.90 Å². The molecule has 0 aromatic heterocycles. The fourth-order valence-electron chi connectivity index (χ4n) is 2.92. The van der Waals surface area contributed by atoms with E-state index in [2.05, 4.69) is 4.89 Å². The first-order chi connectivity index (χ1) is 14.4. The van der Waals surface area contributed by atoms with Crippen LogP contribution in [0.3, 0.4) is 0 Å². The van der Waals surface area contributed by atoms with Gasteiger partial charge in [0.1, 0.15) is 11.7 Å². The van der Waals surface area contributed by atoms with Crippen LogP contribution in [0.2, 0.25) is 0 Å². The smallest absolute Gasteiger partial charge is 0.407 e. The topological polar surface area (TPSA) is 70.6 Å². The lowest BCUT2D eigenvalue weighted by atomic mass is 9.97. The average Bonchev–Trinajstić information content (AvgIpc) is 2.68. The van der Waals surface area contributed by atoms with Gasteiger partial charge in [0.2, 0.25) is 0 Å². The lowest BCUT2D eigenvalue weighted by molar-refractivity contribution is -0.310. The van der Waals surface area contributed by atoms with Gasteiger partial charge in [-0.2, -0.15) is 17.5 Å². The highest BCUT2D eigenvalue weighted by atomic mass is 32.2. The molecule has 0 fully saturated rings. The number of carboxylic acids is 1. The summed E-state index contributed by atoms with van der Waals surface area (Å²) in [4.78, 5) is 16.5. The molecular formula is C21H22F4NO4S-. The number of nitrogens with one attached hydrogen (secondary N) is 1. The third kappa shape index (κ3) is 7.80. The Kier molecular flexibility index (Phi) is 8.47. The average molecular weight is 460 g/mol. The zero-order valence-electron chi connectivity index (χ0n) is 17.0. The molecule has 0 aliphatic carbocycles. The number of carbonyl (C=O) groups is 1. The van der Waals surface area contributed by atoms with Crippen LogP contribution in [0.15, 0.2) is 53.4 Å². The lowest BCUT2D eigenvalue weighted by Crippen LogP contribution is -2.51. The molecular weight excluding hydrogens is 438 g/mol. The molecule has 0 radical (unpaired) electrons. The molecule has 31 heavy (non-hydrogen) atoms. The van der Waals surface area contributed by atoms with Gasteiger partial charge in [-0.05, 0) is 42.7 Å². The number of aliphatic carboxylic acids is 1. The summed E-state index contributed by atoms with van der Waals surface area (Å²) >= 11 is 1.01. The fraction of sp³-hybridized carbons (Fsp3) is 0.381. The van der Waals surface area contributed by atoms with Crippen molar-refractivity contribution in [1.82, 2.24) is 5.32 Å². The SMILES string of the molecule is COOSc1ccc(-c2ccc([C@H](N[C@@H](CC(C)(C)F)C(=O)[O-])C(F)(F)F)cc2)cc1. The van der Waals surface area contributed by atoms with E-state index in [1.165, 1.54) is 31.4 Å². The standard InChI is InChI=1S/C21H23F4NO4S/c1-20(2,22)12-17(19(27)28)26-18(21(23,24)25)15-6-4-13(5-7-15)14-8-10-16(11-9-14)31-30-29-3/h4-11,17-18,26H,12H2,1-3H3,(H,27,28)/p-1/t17-,18-/m0/s1. The van der Waals surface area contributed by atoms with E-state index in [0.29, 0.717) is 5.56 Å². The third-order valence-electron chi connectivity index (χ3n) is 4.30. The summed E-state index contributed by atoms with van der Waals surface area (Å²) in [6, 6.07) is 8.45. The van der Waals surface area contributed by atoms with Crippen molar-refractivity contribution in [2.45, 2.75) is 49.1 Å². The molecule has 1 N–H and O–H groups in total. The highest BCUT2D eigenvalue weighted by Crippen LogP contribution is 2.35. The number of hydrogen-bond donors (Lipinski definition) is 1. The van der Waals surface area contributed by atoms with Crippen molar-refractivity contribution in [2.75, 3.05) is 7.11 Å². The number of hydrogen-bond acceptors (Lipinski definition) is 6. The molecule has 0 saturated heterocycles. The van der Waals surface area contributed by atoms with E-state index in [1.54, 1.807) is 24.3 Å². The molecule has 0 spiro atoms. The zero-order valence-corrected chi connectivity index (χ0v) is 17.9. The Hall–Kier alpha value is -2.14. The van der Waals surface area contributed by atoms with E-state index in [1.807, 2.05) is 5.32 Å². The second kappa shape index (κ2) is 10.4. The van der Waals surface area contributed by atoms with Crippen LogP contribution in [0.4, 0.5) is 17.6 Å². The van der Waals surface area contributed by atoms with E-state index < -0.39 is 36.3 Å². The molecule has 170 valence electrons. The maximum atomic E-state index is 13.9. The van der Waals surface area contributed by atoms with E-state index in [9.17, 15) is 27.5 Å². The molecule has 0 aliphatic rings. The first-order valence-corrected chi connectivity index (χ1v) is 9.95. The molecule has 0 amide bonds. The van der Waals surface area contributed by atoms with E-state index in [0.717, 1.165) is 36.3 Å². The van der Waals surface area contributed by atoms with Crippen molar-refractivity contribution in [3.05, 3.63) is 54.1 Å². The van der Waals surface area contributed by atoms with Gasteiger partial charge in [-0.25, -0.2) is 9.28 Å². The van der Waals surface area contributed by atoms with Gasteiger partial charge in [-0.1, -0.05) is 36.4 Å². The van der Waals surface area contributed by atoms with Gasteiger partial charge in [-0.3, -0.25) is 5.32 Å². The normalized spacial score (nSPS) is 14.3. The molecule has 2 aromatic carbocycles. The molecule has 0 bridgehead atoms. The highest BCUT2D eigenvalue weighted by molar-refractivity contribution is 7.94. The summed E-state index contributed by atoms with van der Waals surface area (Å²) in [7, 11) is 1.37. The van der Waals surface area contributed by atoms with Crippen LogP contribution in [0.25, 0.3) is 11.1 Å². The van der Waals surface area contributed by atoms with Crippen molar-refractivity contribution in [2.24, 2.45) is 0 Å². The second-order valence-corrected chi connectivity index (χ2v) is 8.17. The maximum Gasteiger partial charge on any atom is 0.407 e. The Morgan fingerprint density at radius 1 is 1.03 bits per heavy atom. The highest BCUT2D eigenvalue weighted by Gasteiger charge is 2.42. The van der Waals surface area contributed by atoms with Crippen LogP contribution in [-0.4, -0.2) is 31.0 Å². The number of halogens is 4. The van der Waals surface area contributed by atoms with Gasteiger partial charge in [0.05, 0.1) is 31.2 Å².